The number of rotatable bonds is 5. The smallest absolute Gasteiger partial charge is 0.274 e. The van der Waals surface area contributed by atoms with E-state index in [0.717, 1.165) is 29.0 Å². The number of aromatic nitrogens is 3. The second-order valence-electron chi connectivity index (χ2n) is 9.57. The van der Waals surface area contributed by atoms with E-state index in [1.165, 1.54) is 25.3 Å². The average Bonchev–Trinajstić information content (AvgIpc) is 3.65. The van der Waals surface area contributed by atoms with Crippen molar-refractivity contribution in [2.75, 3.05) is 6.26 Å². The molecule has 1 aliphatic carbocycles. The molecule has 1 fully saturated rings. The number of sulfone groups is 1. The standard InChI is InChI=1S/C27H21ClF3N3O4S/c1-12-11-32-25(14-5-4-6-19(22(14)30)39(3,37)38)23(31)26(12)34-13(2)9-16(21(28)27(34)36)15-10-17(15)24-18(29)7-8-20(35)33-24/h4-9,11,15,17H,10H2,1-3H3,(H,33,35)/t15-,17+/m1/s1. The van der Waals surface area contributed by atoms with Gasteiger partial charge in [-0.2, -0.15) is 0 Å². The molecule has 0 radical (unpaired) electrons. The molecular weight excluding hydrogens is 555 g/mol. The number of nitrogens with zero attached hydrogens (tertiary/aromatic N) is 2. The summed E-state index contributed by atoms with van der Waals surface area (Å²) in [5.41, 5.74) is -1.16. The van der Waals surface area contributed by atoms with Crippen LogP contribution in [0.25, 0.3) is 16.9 Å². The SMILES string of the molecule is Cc1cnc(-c2cccc(S(C)(=O)=O)c2F)c(F)c1-n1c(C)cc([C@H]2C[C@@H]2c2[nH]c(=O)ccc2F)c(Cl)c1=O. The van der Waals surface area contributed by atoms with Crippen LogP contribution in [0.3, 0.4) is 0 Å². The predicted octanol–water partition coefficient (Wildman–Crippen LogP) is 4.95. The van der Waals surface area contributed by atoms with Crippen molar-refractivity contribution >= 4 is 21.4 Å². The molecule has 39 heavy (non-hydrogen) atoms. The second-order valence-corrected chi connectivity index (χ2v) is 11.9. The van der Waals surface area contributed by atoms with Gasteiger partial charge in [-0.3, -0.25) is 19.1 Å². The van der Waals surface area contributed by atoms with Crippen LogP contribution in [0.4, 0.5) is 13.2 Å². The quantitative estimate of drug-likeness (QED) is 0.363. The first-order chi connectivity index (χ1) is 18.3. The zero-order valence-corrected chi connectivity index (χ0v) is 22.4. The van der Waals surface area contributed by atoms with E-state index in [1.54, 1.807) is 13.0 Å². The average molecular weight is 576 g/mol. The summed E-state index contributed by atoms with van der Waals surface area (Å²) in [5, 5.41) is -0.200. The number of H-pyrrole nitrogens is 1. The molecule has 0 unspecified atom stereocenters. The largest absolute Gasteiger partial charge is 0.323 e. The van der Waals surface area contributed by atoms with Gasteiger partial charge in [-0.1, -0.05) is 17.7 Å². The summed E-state index contributed by atoms with van der Waals surface area (Å²) in [6, 6.07) is 7.29. The van der Waals surface area contributed by atoms with Crippen LogP contribution in [-0.2, 0) is 9.84 Å². The van der Waals surface area contributed by atoms with Crippen LogP contribution in [-0.4, -0.2) is 29.2 Å². The normalized spacial score (nSPS) is 16.9. The minimum Gasteiger partial charge on any atom is -0.323 e. The molecule has 0 amide bonds. The van der Waals surface area contributed by atoms with Gasteiger partial charge in [-0.25, -0.2) is 21.6 Å². The third kappa shape index (κ3) is 4.59. The highest BCUT2D eigenvalue weighted by Gasteiger charge is 2.43. The number of hydrogen-bond acceptors (Lipinski definition) is 5. The third-order valence-electron chi connectivity index (χ3n) is 6.84. The molecule has 202 valence electrons. The zero-order valence-electron chi connectivity index (χ0n) is 20.9. The number of aromatic amines is 1. The van der Waals surface area contributed by atoms with Crippen molar-refractivity contribution < 1.29 is 21.6 Å². The number of pyridine rings is 3. The summed E-state index contributed by atoms with van der Waals surface area (Å²) >= 11 is 6.47. The van der Waals surface area contributed by atoms with E-state index < -0.39 is 49.0 Å². The zero-order chi connectivity index (χ0) is 28.4. The maximum absolute atomic E-state index is 16.0. The Balaban J connectivity index is 1.63. The van der Waals surface area contributed by atoms with Gasteiger partial charge in [0, 0.05) is 35.7 Å². The molecule has 12 heteroatoms. The first-order valence-corrected chi connectivity index (χ1v) is 14.0. The number of benzene rings is 1. The molecule has 7 nitrogen and oxygen atoms in total. The van der Waals surface area contributed by atoms with Crippen molar-refractivity contribution in [1.29, 1.82) is 0 Å². The predicted molar refractivity (Wildman–Crippen MR) is 140 cm³/mol. The first-order valence-electron chi connectivity index (χ1n) is 11.8. The molecule has 5 rings (SSSR count). The lowest BCUT2D eigenvalue weighted by Crippen LogP contribution is -2.24. The lowest BCUT2D eigenvalue weighted by molar-refractivity contribution is 0.569. The molecule has 3 heterocycles. The van der Waals surface area contributed by atoms with Crippen molar-refractivity contribution in [2.24, 2.45) is 0 Å². The van der Waals surface area contributed by atoms with E-state index in [9.17, 15) is 22.4 Å². The van der Waals surface area contributed by atoms with Crippen LogP contribution >= 0.6 is 11.6 Å². The van der Waals surface area contributed by atoms with Crippen LogP contribution < -0.4 is 11.1 Å². The molecule has 1 aromatic carbocycles. The van der Waals surface area contributed by atoms with E-state index in [2.05, 4.69) is 9.97 Å². The minimum atomic E-state index is -3.94. The van der Waals surface area contributed by atoms with Crippen molar-refractivity contribution in [3.63, 3.8) is 0 Å². The number of hydrogen-bond donors (Lipinski definition) is 1. The van der Waals surface area contributed by atoms with Gasteiger partial charge in [0.2, 0.25) is 5.56 Å². The summed E-state index contributed by atoms with van der Waals surface area (Å²) < 4.78 is 70.4. The highest BCUT2D eigenvalue weighted by molar-refractivity contribution is 7.90. The Morgan fingerprint density at radius 2 is 1.77 bits per heavy atom. The summed E-state index contributed by atoms with van der Waals surface area (Å²) in [6.07, 6.45) is 2.53. The van der Waals surface area contributed by atoms with Crippen molar-refractivity contribution in [2.45, 2.75) is 37.0 Å². The molecule has 1 aliphatic rings. The summed E-state index contributed by atoms with van der Waals surface area (Å²) in [4.78, 5) is 31.0. The Kier molecular flexibility index (Phi) is 6.54. The van der Waals surface area contributed by atoms with E-state index in [0.29, 0.717) is 17.7 Å². The van der Waals surface area contributed by atoms with Crippen LogP contribution in [0.2, 0.25) is 5.02 Å². The highest BCUT2D eigenvalue weighted by Crippen LogP contribution is 2.55. The fourth-order valence-corrected chi connectivity index (χ4v) is 5.93. The monoisotopic (exact) mass is 575 g/mol. The molecular formula is C27H21ClF3N3O4S. The van der Waals surface area contributed by atoms with Gasteiger partial charge in [0.15, 0.2) is 21.5 Å². The Morgan fingerprint density at radius 3 is 2.46 bits per heavy atom. The molecule has 3 aromatic heterocycles. The van der Waals surface area contributed by atoms with E-state index in [-0.39, 0.29) is 39.4 Å². The van der Waals surface area contributed by atoms with E-state index in [4.69, 9.17) is 11.6 Å². The van der Waals surface area contributed by atoms with Gasteiger partial charge in [0.1, 0.15) is 21.4 Å². The van der Waals surface area contributed by atoms with Gasteiger partial charge in [0.05, 0.1) is 11.4 Å². The van der Waals surface area contributed by atoms with E-state index >= 15 is 8.78 Å². The maximum atomic E-state index is 16.0. The third-order valence-corrected chi connectivity index (χ3v) is 8.33. The molecule has 1 saturated carbocycles. The lowest BCUT2D eigenvalue weighted by Gasteiger charge is -2.18. The Hall–Kier alpha value is -3.70. The molecule has 2 atom stereocenters. The molecule has 0 aliphatic heterocycles. The van der Waals surface area contributed by atoms with Gasteiger partial charge < -0.3 is 4.98 Å². The van der Waals surface area contributed by atoms with Crippen molar-refractivity contribution in [3.8, 4) is 16.9 Å². The lowest BCUT2D eigenvalue weighted by atomic mass is 10.1. The van der Waals surface area contributed by atoms with Crippen molar-refractivity contribution in [3.05, 3.63) is 108 Å². The van der Waals surface area contributed by atoms with Crippen LogP contribution in [0, 0.1) is 31.3 Å². The topological polar surface area (TPSA) is 102 Å². The Bertz CT molecular complexity index is 1900. The molecule has 4 aromatic rings. The molecule has 0 saturated heterocycles. The Labute approximate surface area is 225 Å². The van der Waals surface area contributed by atoms with Gasteiger partial charge in [-0.15, -0.1) is 0 Å². The minimum absolute atomic E-state index is 0.129. The highest BCUT2D eigenvalue weighted by atomic mass is 35.5. The number of nitrogens with one attached hydrogen (secondary N) is 1. The van der Waals surface area contributed by atoms with E-state index in [1.807, 2.05) is 0 Å². The molecule has 1 N–H and O–H groups in total. The fourth-order valence-electron chi connectivity index (χ4n) is 4.89. The summed E-state index contributed by atoms with van der Waals surface area (Å²) in [7, 11) is -3.94. The van der Waals surface area contributed by atoms with Gasteiger partial charge >= 0.3 is 0 Å². The number of halogens is 4. The number of aryl methyl sites for hydroxylation is 2. The van der Waals surface area contributed by atoms with Gasteiger partial charge in [0.25, 0.3) is 5.56 Å². The van der Waals surface area contributed by atoms with Gasteiger partial charge in [-0.05, 0) is 61.6 Å². The van der Waals surface area contributed by atoms with Crippen LogP contribution in [0.1, 0.15) is 40.8 Å². The molecule has 0 spiro atoms. The summed E-state index contributed by atoms with van der Waals surface area (Å²) in [6.45, 7) is 3.07. The first kappa shape index (κ1) is 26.9. The van der Waals surface area contributed by atoms with Crippen LogP contribution in [0.5, 0.6) is 0 Å². The maximum Gasteiger partial charge on any atom is 0.274 e. The molecule has 0 bridgehead atoms. The summed E-state index contributed by atoms with van der Waals surface area (Å²) in [5.74, 6) is -3.50. The van der Waals surface area contributed by atoms with Crippen molar-refractivity contribution in [1.82, 2.24) is 14.5 Å². The van der Waals surface area contributed by atoms with Crippen LogP contribution in [0.15, 0.2) is 57.1 Å². The fraction of sp³-hybridized carbons (Fsp3) is 0.222. The Morgan fingerprint density at radius 1 is 1.05 bits per heavy atom. The second kappa shape index (κ2) is 9.49.